The molecule has 0 aromatic heterocycles. The fourth-order valence-electron chi connectivity index (χ4n) is 2.53. The number of amides is 2. The Bertz CT molecular complexity index is 585. The molecule has 1 aliphatic heterocycles. The molecule has 130 valence electrons. The van der Waals surface area contributed by atoms with Crippen molar-refractivity contribution in [2.75, 3.05) is 26.7 Å². The van der Waals surface area contributed by atoms with Crippen LogP contribution < -0.4 is 10.6 Å². The fourth-order valence-corrected chi connectivity index (χ4v) is 2.53. The third kappa shape index (κ3) is 5.33. The smallest absolute Gasteiger partial charge is 0.229 e. The molecule has 0 spiro atoms. The molecule has 7 heteroatoms. The molecule has 0 saturated carbocycles. The Morgan fingerprint density at radius 2 is 1.75 bits per heavy atom. The summed E-state index contributed by atoms with van der Waals surface area (Å²) < 4.78 is 12.8. The van der Waals surface area contributed by atoms with Crippen LogP contribution in [0.25, 0.3) is 0 Å². The van der Waals surface area contributed by atoms with Crippen LogP contribution in [0.3, 0.4) is 0 Å². The number of rotatable bonds is 6. The van der Waals surface area contributed by atoms with Gasteiger partial charge >= 0.3 is 0 Å². The van der Waals surface area contributed by atoms with Gasteiger partial charge in [-0.05, 0) is 30.5 Å². The van der Waals surface area contributed by atoms with Crippen molar-refractivity contribution in [3.8, 4) is 0 Å². The van der Waals surface area contributed by atoms with Crippen LogP contribution in [0, 0.1) is 5.82 Å². The van der Waals surface area contributed by atoms with Gasteiger partial charge in [-0.1, -0.05) is 12.1 Å². The molecule has 0 bridgehead atoms. The number of imide groups is 1. The molecular weight excluding hydrogens is 311 g/mol. The highest BCUT2D eigenvalue weighted by molar-refractivity contribution is 5.97. The largest absolute Gasteiger partial charge is 0.356 e. The minimum absolute atomic E-state index is 0.104. The van der Waals surface area contributed by atoms with Crippen LogP contribution in [0.4, 0.5) is 4.39 Å². The minimum atomic E-state index is -0.244. The molecular formula is C17H23FN4O2. The number of benzene rings is 1. The summed E-state index contributed by atoms with van der Waals surface area (Å²) >= 11 is 0. The van der Waals surface area contributed by atoms with Gasteiger partial charge in [-0.2, -0.15) is 0 Å². The molecule has 1 saturated heterocycles. The highest BCUT2D eigenvalue weighted by atomic mass is 19.1. The van der Waals surface area contributed by atoms with Crippen LogP contribution in [0.2, 0.25) is 0 Å². The standard InChI is InChI=1S/C17H23FN4O2/c1-19-17(20-10-9-13-5-7-14(18)8-6-13)21-11-12-22-15(23)3-2-4-16(22)24/h5-8H,2-4,9-12H2,1H3,(H2,19,20,21). The number of hydrogen-bond donors (Lipinski definition) is 2. The third-order valence-corrected chi connectivity index (χ3v) is 3.85. The number of halogens is 1. The van der Waals surface area contributed by atoms with Gasteiger partial charge in [-0.15, -0.1) is 0 Å². The van der Waals surface area contributed by atoms with Gasteiger partial charge < -0.3 is 10.6 Å². The summed E-state index contributed by atoms with van der Waals surface area (Å²) in [4.78, 5) is 28.8. The van der Waals surface area contributed by atoms with E-state index in [1.54, 1.807) is 19.2 Å². The lowest BCUT2D eigenvalue weighted by molar-refractivity contribution is -0.147. The Kier molecular flexibility index (Phi) is 6.72. The van der Waals surface area contributed by atoms with Crippen molar-refractivity contribution in [2.45, 2.75) is 25.7 Å². The third-order valence-electron chi connectivity index (χ3n) is 3.85. The summed E-state index contributed by atoms with van der Waals surface area (Å²) in [6.45, 7) is 1.44. The lowest BCUT2D eigenvalue weighted by atomic mass is 10.1. The van der Waals surface area contributed by atoms with Crippen molar-refractivity contribution in [2.24, 2.45) is 4.99 Å². The maximum Gasteiger partial charge on any atom is 0.229 e. The van der Waals surface area contributed by atoms with E-state index in [2.05, 4.69) is 15.6 Å². The molecule has 6 nitrogen and oxygen atoms in total. The summed E-state index contributed by atoms with van der Waals surface area (Å²) in [7, 11) is 1.66. The summed E-state index contributed by atoms with van der Waals surface area (Å²) in [6, 6.07) is 6.38. The molecule has 1 aromatic rings. The van der Waals surface area contributed by atoms with Gasteiger partial charge in [0.25, 0.3) is 0 Å². The second kappa shape index (κ2) is 9.00. The summed E-state index contributed by atoms with van der Waals surface area (Å²) in [6.07, 6.45) is 2.27. The van der Waals surface area contributed by atoms with Gasteiger partial charge in [0.2, 0.25) is 11.8 Å². The first-order valence-corrected chi connectivity index (χ1v) is 8.12. The Morgan fingerprint density at radius 1 is 1.12 bits per heavy atom. The summed E-state index contributed by atoms with van der Waals surface area (Å²) in [5.74, 6) is 0.152. The molecule has 0 unspecified atom stereocenters. The van der Waals surface area contributed by atoms with Crippen molar-refractivity contribution >= 4 is 17.8 Å². The number of likely N-dealkylation sites (tertiary alicyclic amines) is 1. The SMILES string of the molecule is CN=C(NCCc1ccc(F)cc1)NCCN1C(=O)CCCC1=O. The van der Waals surface area contributed by atoms with E-state index in [0.29, 0.717) is 44.9 Å². The fraction of sp³-hybridized carbons (Fsp3) is 0.471. The molecule has 24 heavy (non-hydrogen) atoms. The average molecular weight is 334 g/mol. The van der Waals surface area contributed by atoms with E-state index in [1.165, 1.54) is 17.0 Å². The first-order chi connectivity index (χ1) is 11.6. The van der Waals surface area contributed by atoms with E-state index in [1.807, 2.05) is 0 Å². The second-order valence-electron chi connectivity index (χ2n) is 5.59. The van der Waals surface area contributed by atoms with Crippen molar-refractivity contribution in [3.63, 3.8) is 0 Å². The highest BCUT2D eigenvalue weighted by Gasteiger charge is 2.25. The van der Waals surface area contributed by atoms with E-state index in [9.17, 15) is 14.0 Å². The predicted molar refractivity (Wildman–Crippen MR) is 90.0 cm³/mol. The van der Waals surface area contributed by atoms with E-state index in [4.69, 9.17) is 0 Å². The lowest BCUT2D eigenvalue weighted by Gasteiger charge is -2.25. The molecule has 2 rings (SSSR count). The molecule has 0 atom stereocenters. The molecule has 1 fully saturated rings. The van der Waals surface area contributed by atoms with E-state index in [-0.39, 0.29) is 17.6 Å². The number of nitrogens with zero attached hydrogens (tertiary/aromatic N) is 2. The van der Waals surface area contributed by atoms with Crippen molar-refractivity contribution in [1.82, 2.24) is 15.5 Å². The van der Waals surface area contributed by atoms with Gasteiger partial charge in [0.15, 0.2) is 5.96 Å². The highest BCUT2D eigenvalue weighted by Crippen LogP contribution is 2.11. The maximum absolute atomic E-state index is 12.8. The zero-order chi connectivity index (χ0) is 17.4. The van der Waals surface area contributed by atoms with Crippen LogP contribution in [0.5, 0.6) is 0 Å². The van der Waals surface area contributed by atoms with E-state index >= 15 is 0 Å². The number of aliphatic imine (C=N–C) groups is 1. The summed E-state index contributed by atoms with van der Waals surface area (Å²) in [5.41, 5.74) is 1.03. The Hall–Kier alpha value is -2.44. The maximum atomic E-state index is 12.8. The first kappa shape index (κ1) is 17.9. The molecule has 0 radical (unpaired) electrons. The van der Waals surface area contributed by atoms with Crippen LogP contribution in [-0.2, 0) is 16.0 Å². The monoisotopic (exact) mass is 334 g/mol. The van der Waals surface area contributed by atoms with Gasteiger partial charge in [0.1, 0.15) is 5.82 Å². The minimum Gasteiger partial charge on any atom is -0.356 e. The normalized spacial score (nSPS) is 15.6. The molecule has 1 aromatic carbocycles. The van der Waals surface area contributed by atoms with Gasteiger partial charge in [0.05, 0.1) is 0 Å². The van der Waals surface area contributed by atoms with Gasteiger partial charge in [-0.3, -0.25) is 19.5 Å². The topological polar surface area (TPSA) is 73.8 Å². The van der Waals surface area contributed by atoms with Crippen molar-refractivity contribution < 1.29 is 14.0 Å². The number of carbonyl (C=O) groups is 2. The lowest BCUT2D eigenvalue weighted by Crippen LogP contribution is -2.46. The van der Waals surface area contributed by atoms with Crippen LogP contribution in [0.15, 0.2) is 29.3 Å². The van der Waals surface area contributed by atoms with Crippen molar-refractivity contribution in [1.29, 1.82) is 0 Å². The van der Waals surface area contributed by atoms with Crippen LogP contribution in [0.1, 0.15) is 24.8 Å². The van der Waals surface area contributed by atoms with E-state index < -0.39 is 0 Å². The Morgan fingerprint density at radius 3 is 2.38 bits per heavy atom. The van der Waals surface area contributed by atoms with Gasteiger partial charge in [-0.25, -0.2) is 4.39 Å². The van der Waals surface area contributed by atoms with Crippen LogP contribution in [-0.4, -0.2) is 49.4 Å². The quantitative estimate of drug-likeness (QED) is 0.464. The first-order valence-electron chi connectivity index (χ1n) is 8.12. The van der Waals surface area contributed by atoms with Gasteiger partial charge in [0, 0.05) is 39.5 Å². The average Bonchev–Trinajstić information content (AvgIpc) is 2.57. The van der Waals surface area contributed by atoms with Crippen molar-refractivity contribution in [3.05, 3.63) is 35.6 Å². The molecule has 0 aliphatic carbocycles. The molecule has 2 amide bonds. The number of hydrogen-bond acceptors (Lipinski definition) is 3. The Labute approximate surface area is 141 Å². The number of nitrogens with one attached hydrogen (secondary N) is 2. The molecule has 1 heterocycles. The zero-order valence-electron chi connectivity index (χ0n) is 13.8. The number of piperidine rings is 1. The summed E-state index contributed by atoms with van der Waals surface area (Å²) in [5, 5.41) is 6.24. The Balaban J connectivity index is 1.69. The number of carbonyl (C=O) groups excluding carboxylic acids is 2. The van der Waals surface area contributed by atoms with Crippen LogP contribution >= 0.6 is 0 Å². The zero-order valence-corrected chi connectivity index (χ0v) is 13.8. The van der Waals surface area contributed by atoms with E-state index in [0.717, 1.165) is 12.0 Å². The molecule has 1 aliphatic rings. The molecule has 2 N–H and O–H groups in total. The number of guanidine groups is 1. The predicted octanol–water partition coefficient (Wildman–Crippen LogP) is 1.07. The second-order valence-corrected chi connectivity index (χ2v) is 5.59.